The predicted octanol–water partition coefficient (Wildman–Crippen LogP) is 4.15. The molecule has 0 bridgehead atoms. The number of H-pyrrole nitrogens is 1. The zero-order valence-electron chi connectivity index (χ0n) is 19.7. The standard InChI is InChI=1S/C25H25FN4O4S/c1-14-11-19-23(27-14)24(32)30(18-8-6-17(26)7-9-18)25(29-19)35-13-22(31)28-15(2)16-5-10-20(33-3)21(12-16)34-4/h5-12,15,27H,13H2,1-4H3,(H,28,31)/t15-/m0/s1. The Bertz CT molecular complexity index is 1430. The van der Waals surface area contributed by atoms with E-state index in [-0.39, 0.29) is 23.3 Å². The van der Waals surface area contributed by atoms with Crippen LogP contribution < -0.4 is 20.3 Å². The molecule has 2 heterocycles. The fourth-order valence-electron chi connectivity index (χ4n) is 3.71. The van der Waals surface area contributed by atoms with Gasteiger partial charge in [0, 0.05) is 5.69 Å². The second-order valence-corrected chi connectivity index (χ2v) is 8.86. The van der Waals surface area contributed by atoms with Crippen LogP contribution in [-0.4, -0.2) is 40.4 Å². The highest BCUT2D eigenvalue weighted by Gasteiger charge is 2.18. The van der Waals surface area contributed by atoms with Gasteiger partial charge in [0.1, 0.15) is 11.3 Å². The minimum absolute atomic E-state index is 0.0280. The summed E-state index contributed by atoms with van der Waals surface area (Å²) in [6.07, 6.45) is 0. The topological polar surface area (TPSA) is 98.2 Å². The number of benzene rings is 2. The van der Waals surface area contributed by atoms with Gasteiger partial charge in [-0.05, 0) is 61.9 Å². The predicted molar refractivity (Wildman–Crippen MR) is 133 cm³/mol. The Kier molecular flexibility index (Phi) is 7.11. The number of halogens is 1. The third-order valence-electron chi connectivity index (χ3n) is 5.46. The van der Waals surface area contributed by atoms with E-state index in [1.54, 1.807) is 26.4 Å². The molecule has 0 aliphatic carbocycles. The molecule has 10 heteroatoms. The van der Waals surface area contributed by atoms with Crippen LogP contribution in [0.4, 0.5) is 4.39 Å². The van der Waals surface area contributed by atoms with E-state index in [1.165, 1.54) is 28.8 Å². The number of thioether (sulfide) groups is 1. The molecule has 0 aliphatic heterocycles. The van der Waals surface area contributed by atoms with Gasteiger partial charge in [-0.1, -0.05) is 17.8 Å². The molecule has 4 aromatic rings. The summed E-state index contributed by atoms with van der Waals surface area (Å²) < 4.78 is 25.5. The number of aromatic amines is 1. The second-order valence-electron chi connectivity index (χ2n) is 7.92. The van der Waals surface area contributed by atoms with Crippen molar-refractivity contribution in [2.45, 2.75) is 25.0 Å². The van der Waals surface area contributed by atoms with Crippen molar-refractivity contribution in [1.29, 1.82) is 0 Å². The number of aryl methyl sites for hydroxylation is 1. The number of amides is 1. The second kappa shape index (κ2) is 10.2. The smallest absolute Gasteiger partial charge is 0.283 e. The summed E-state index contributed by atoms with van der Waals surface area (Å²) in [6.45, 7) is 3.70. The Morgan fingerprint density at radius 1 is 1.14 bits per heavy atom. The van der Waals surface area contributed by atoms with Gasteiger partial charge in [-0.3, -0.25) is 14.2 Å². The van der Waals surface area contributed by atoms with Gasteiger partial charge in [-0.25, -0.2) is 9.37 Å². The van der Waals surface area contributed by atoms with Crippen molar-refractivity contribution in [3.63, 3.8) is 0 Å². The summed E-state index contributed by atoms with van der Waals surface area (Å²) in [5.74, 6) is 0.556. The van der Waals surface area contributed by atoms with Crippen molar-refractivity contribution in [2.75, 3.05) is 20.0 Å². The molecule has 0 unspecified atom stereocenters. The average molecular weight is 497 g/mol. The highest BCUT2D eigenvalue weighted by Crippen LogP contribution is 2.30. The highest BCUT2D eigenvalue weighted by molar-refractivity contribution is 7.99. The lowest BCUT2D eigenvalue weighted by atomic mass is 10.1. The Balaban J connectivity index is 1.56. The van der Waals surface area contributed by atoms with Gasteiger partial charge in [0.2, 0.25) is 5.91 Å². The number of fused-ring (bicyclic) bond motifs is 1. The number of aromatic nitrogens is 3. The lowest BCUT2D eigenvalue weighted by Crippen LogP contribution is -2.29. The van der Waals surface area contributed by atoms with Gasteiger partial charge in [-0.15, -0.1) is 0 Å². The maximum atomic E-state index is 13.5. The quantitative estimate of drug-likeness (QED) is 0.281. The number of carbonyl (C=O) groups is 1. The van der Waals surface area contributed by atoms with Crippen molar-refractivity contribution >= 4 is 28.7 Å². The van der Waals surface area contributed by atoms with Crippen LogP contribution in [0.3, 0.4) is 0 Å². The zero-order valence-corrected chi connectivity index (χ0v) is 20.5. The van der Waals surface area contributed by atoms with Gasteiger partial charge >= 0.3 is 0 Å². The molecule has 2 N–H and O–H groups in total. The van der Waals surface area contributed by atoms with Crippen LogP contribution >= 0.6 is 11.8 Å². The summed E-state index contributed by atoms with van der Waals surface area (Å²) in [5, 5.41) is 3.29. The number of rotatable bonds is 8. The molecule has 35 heavy (non-hydrogen) atoms. The maximum absolute atomic E-state index is 13.5. The summed E-state index contributed by atoms with van der Waals surface area (Å²) in [5.41, 5.74) is 2.64. The first-order chi connectivity index (χ1) is 16.8. The van der Waals surface area contributed by atoms with Crippen LogP contribution in [0.1, 0.15) is 24.2 Å². The fraction of sp³-hybridized carbons (Fsp3) is 0.240. The van der Waals surface area contributed by atoms with Crippen LogP contribution in [0.25, 0.3) is 16.7 Å². The first kappa shape index (κ1) is 24.3. The highest BCUT2D eigenvalue weighted by atomic mass is 32.2. The number of hydrogen-bond donors (Lipinski definition) is 2. The molecule has 4 rings (SSSR count). The van der Waals surface area contributed by atoms with Crippen molar-refractivity contribution in [1.82, 2.24) is 19.9 Å². The molecule has 0 spiro atoms. The molecule has 0 radical (unpaired) electrons. The summed E-state index contributed by atoms with van der Waals surface area (Å²) in [7, 11) is 3.11. The number of nitrogens with zero attached hydrogens (tertiary/aromatic N) is 2. The molecule has 1 amide bonds. The van der Waals surface area contributed by atoms with Crippen LogP contribution in [0.5, 0.6) is 11.5 Å². The molecule has 182 valence electrons. The van der Waals surface area contributed by atoms with E-state index in [0.29, 0.717) is 33.4 Å². The van der Waals surface area contributed by atoms with Crippen LogP contribution in [0.15, 0.2) is 58.5 Å². The largest absolute Gasteiger partial charge is 0.493 e. The van der Waals surface area contributed by atoms with Gasteiger partial charge in [0.05, 0.1) is 37.2 Å². The van der Waals surface area contributed by atoms with Gasteiger partial charge in [0.15, 0.2) is 16.7 Å². The van der Waals surface area contributed by atoms with E-state index in [4.69, 9.17) is 9.47 Å². The first-order valence-corrected chi connectivity index (χ1v) is 11.8. The lowest BCUT2D eigenvalue weighted by Gasteiger charge is -2.17. The summed E-state index contributed by atoms with van der Waals surface area (Å²) >= 11 is 1.13. The molecule has 8 nitrogen and oxygen atoms in total. The SMILES string of the molecule is COc1ccc([C@H](C)NC(=O)CSc2nc3cc(C)[nH]c3c(=O)n2-c2ccc(F)cc2)cc1OC. The van der Waals surface area contributed by atoms with E-state index in [0.717, 1.165) is 23.0 Å². The molecule has 0 aliphatic rings. The van der Waals surface area contributed by atoms with Crippen molar-refractivity contribution in [2.24, 2.45) is 0 Å². The van der Waals surface area contributed by atoms with Gasteiger partial charge < -0.3 is 19.8 Å². The third-order valence-corrected chi connectivity index (χ3v) is 6.40. The summed E-state index contributed by atoms with van der Waals surface area (Å²) in [6, 6.07) is 12.5. The molecule has 1 atom stereocenters. The number of ether oxygens (including phenoxy) is 2. The van der Waals surface area contributed by atoms with E-state index >= 15 is 0 Å². The van der Waals surface area contributed by atoms with E-state index in [1.807, 2.05) is 26.0 Å². The molecule has 2 aromatic carbocycles. The van der Waals surface area contributed by atoms with Crippen molar-refractivity contribution < 1.29 is 18.7 Å². The fourth-order valence-corrected chi connectivity index (χ4v) is 4.53. The Hall–Kier alpha value is -3.79. The maximum Gasteiger partial charge on any atom is 0.283 e. The third kappa shape index (κ3) is 5.17. The number of methoxy groups -OCH3 is 2. The van der Waals surface area contributed by atoms with Gasteiger partial charge in [0.25, 0.3) is 5.56 Å². The van der Waals surface area contributed by atoms with Gasteiger partial charge in [-0.2, -0.15) is 0 Å². The first-order valence-electron chi connectivity index (χ1n) is 10.8. The Morgan fingerprint density at radius 3 is 2.54 bits per heavy atom. The number of nitrogens with one attached hydrogen (secondary N) is 2. The molecule has 2 aromatic heterocycles. The number of hydrogen-bond acceptors (Lipinski definition) is 6. The average Bonchev–Trinajstić information content (AvgIpc) is 3.23. The number of carbonyl (C=O) groups excluding carboxylic acids is 1. The van der Waals surface area contributed by atoms with E-state index < -0.39 is 5.82 Å². The van der Waals surface area contributed by atoms with E-state index in [2.05, 4.69) is 15.3 Å². The lowest BCUT2D eigenvalue weighted by molar-refractivity contribution is -0.119. The van der Waals surface area contributed by atoms with E-state index in [9.17, 15) is 14.0 Å². The van der Waals surface area contributed by atoms with Crippen molar-refractivity contribution in [3.05, 3.63) is 76.0 Å². The molecule has 0 fully saturated rings. The minimum Gasteiger partial charge on any atom is -0.493 e. The zero-order chi connectivity index (χ0) is 25.1. The summed E-state index contributed by atoms with van der Waals surface area (Å²) in [4.78, 5) is 33.6. The Labute approximate surface area is 205 Å². The molecular weight excluding hydrogens is 471 g/mol. The van der Waals surface area contributed by atoms with Crippen LogP contribution in [0, 0.1) is 12.7 Å². The molecule has 0 saturated carbocycles. The normalized spacial score (nSPS) is 11.9. The van der Waals surface area contributed by atoms with Crippen LogP contribution in [0.2, 0.25) is 0 Å². The van der Waals surface area contributed by atoms with Crippen molar-refractivity contribution in [3.8, 4) is 17.2 Å². The monoisotopic (exact) mass is 496 g/mol. The Morgan fingerprint density at radius 2 is 1.86 bits per heavy atom. The molecule has 0 saturated heterocycles. The van der Waals surface area contributed by atoms with Crippen LogP contribution in [-0.2, 0) is 4.79 Å². The molecular formula is C25H25FN4O4S. The minimum atomic E-state index is -0.413.